The van der Waals surface area contributed by atoms with Gasteiger partial charge in [-0.15, -0.1) is 0 Å². The van der Waals surface area contributed by atoms with Crippen LogP contribution in [0.15, 0.2) is 22.7 Å². The molecule has 0 saturated carbocycles. The molecular formula is C14H20BrFN2. The summed E-state index contributed by atoms with van der Waals surface area (Å²) in [7, 11) is 0. The molecule has 0 aromatic heterocycles. The molecule has 1 fully saturated rings. The number of benzene rings is 1. The Morgan fingerprint density at radius 2 is 2.00 bits per heavy atom. The molecule has 1 aliphatic rings. The fourth-order valence-electron chi connectivity index (χ4n) is 2.59. The zero-order valence-corrected chi connectivity index (χ0v) is 12.5. The number of halogens is 2. The van der Waals surface area contributed by atoms with Crippen LogP contribution >= 0.6 is 15.9 Å². The van der Waals surface area contributed by atoms with Gasteiger partial charge in [0.1, 0.15) is 5.82 Å². The van der Waals surface area contributed by atoms with Crippen molar-refractivity contribution in [2.75, 3.05) is 0 Å². The van der Waals surface area contributed by atoms with Crippen LogP contribution in [0.1, 0.15) is 38.7 Å². The van der Waals surface area contributed by atoms with Gasteiger partial charge in [0.25, 0.3) is 0 Å². The summed E-state index contributed by atoms with van der Waals surface area (Å²) in [5.74, 6) is -0.150. The highest BCUT2D eigenvalue weighted by atomic mass is 79.9. The Morgan fingerprint density at radius 3 is 2.67 bits per heavy atom. The number of nitrogens with zero attached hydrogens (tertiary/aromatic N) is 1. The second kappa shape index (κ2) is 6.13. The number of piperidine rings is 1. The molecule has 1 aromatic rings. The molecule has 2 unspecified atom stereocenters. The first-order chi connectivity index (χ1) is 8.58. The van der Waals surface area contributed by atoms with Gasteiger partial charge in [-0.2, -0.15) is 0 Å². The van der Waals surface area contributed by atoms with Crippen LogP contribution in [0.5, 0.6) is 0 Å². The summed E-state index contributed by atoms with van der Waals surface area (Å²) < 4.78 is 14.6. The van der Waals surface area contributed by atoms with Crippen LogP contribution in [0.25, 0.3) is 0 Å². The first-order valence-electron chi connectivity index (χ1n) is 6.53. The third kappa shape index (κ3) is 3.31. The van der Waals surface area contributed by atoms with E-state index in [1.807, 2.05) is 6.07 Å². The van der Waals surface area contributed by atoms with Gasteiger partial charge in [0, 0.05) is 28.7 Å². The number of hydrogen-bond acceptors (Lipinski definition) is 2. The standard InChI is InChI=1S/C14H20BrFN2/c1-10-4-3-5-11(2)18(10)17-9-12-8-13(15)6-7-14(12)16/h6-8,10-11,17H,3-5,9H2,1-2H3. The van der Waals surface area contributed by atoms with Crippen LogP contribution in [-0.4, -0.2) is 17.1 Å². The largest absolute Gasteiger partial charge is 0.250 e. The first kappa shape index (κ1) is 14.0. The van der Waals surface area contributed by atoms with Gasteiger partial charge in [-0.25, -0.2) is 9.40 Å². The first-order valence-corrected chi connectivity index (χ1v) is 7.33. The van der Waals surface area contributed by atoms with Crippen molar-refractivity contribution in [1.29, 1.82) is 0 Å². The van der Waals surface area contributed by atoms with Gasteiger partial charge >= 0.3 is 0 Å². The lowest BCUT2D eigenvalue weighted by molar-refractivity contribution is 0.0432. The van der Waals surface area contributed by atoms with Crippen LogP contribution in [0.2, 0.25) is 0 Å². The van der Waals surface area contributed by atoms with Crippen molar-refractivity contribution in [3.05, 3.63) is 34.1 Å². The Balaban J connectivity index is 1.99. The second-order valence-corrected chi connectivity index (χ2v) is 6.02. The highest BCUT2D eigenvalue weighted by Gasteiger charge is 2.24. The Kier molecular flexibility index (Phi) is 4.76. The Labute approximate surface area is 117 Å². The molecule has 2 rings (SSSR count). The average Bonchev–Trinajstić information content (AvgIpc) is 2.33. The third-order valence-corrected chi connectivity index (χ3v) is 4.15. The molecule has 0 aliphatic carbocycles. The van der Waals surface area contributed by atoms with Gasteiger partial charge in [0.05, 0.1) is 0 Å². The van der Waals surface area contributed by atoms with E-state index in [1.54, 1.807) is 6.07 Å². The van der Waals surface area contributed by atoms with E-state index in [9.17, 15) is 4.39 Å². The Bertz CT molecular complexity index is 401. The fourth-order valence-corrected chi connectivity index (χ4v) is 3.00. The lowest BCUT2D eigenvalue weighted by atomic mass is 10.00. The Morgan fingerprint density at radius 1 is 1.33 bits per heavy atom. The molecular weight excluding hydrogens is 295 g/mol. The molecule has 18 heavy (non-hydrogen) atoms. The molecule has 1 N–H and O–H groups in total. The van der Waals surface area contributed by atoms with E-state index in [0.29, 0.717) is 24.2 Å². The average molecular weight is 315 g/mol. The zero-order valence-electron chi connectivity index (χ0n) is 10.9. The van der Waals surface area contributed by atoms with E-state index in [1.165, 1.54) is 25.3 Å². The number of hydrogen-bond donors (Lipinski definition) is 1. The van der Waals surface area contributed by atoms with E-state index < -0.39 is 0 Å². The molecule has 2 atom stereocenters. The van der Waals surface area contributed by atoms with Crippen molar-refractivity contribution < 1.29 is 4.39 Å². The molecule has 1 aliphatic heterocycles. The predicted octanol–water partition coefficient (Wildman–Crippen LogP) is 3.86. The highest BCUT2D eigenvalue weighted by Crippen LogP contribution is 2.21. The number of hydrazine groups is 1. The van der Waals surface area contributed by atoms with Crippen LogP contribution in [0.4, 0.5) is 4.39 Å². The molecule has 100 valence electrons. The van der Waals surface area contributed by atoms with Crippen LogP contribution in [-0.2, 0) is 6.54 Å². The summed E-state index contributed by atoms with van der Waals surface area (Å²) in [6.07, 6.45) is 3.70. The van der Waals surface area contributed by atoms with Crippen molar-refractivity contribution in [2.45, 2.75) is 51.7 Å². The topological polar surface area (TPSA) is 15.3 Å². The summed E-state index contributed by atoms with van der Waals surface area (Å²) in [5, 5.41) is 2.27. The van der Waals surface area contributed by atoms with Crippen molar-refractivity contribution in [3.8, 4) is 0 Å². The molecule has 0 spiro atoms. The van der Waals surface area contributed by atoms with E-state index in [0.717, 1.165) is 4.47 Å². The van der Waals surface area contributed by atoms with Crippen molar-refractivity contribution in [1.82, 2.24) is 10.4 Å². The maximum absolute atomic E-state index is 13.6. The van der Waals surface area contributed by atoms with E-state index in [4.69, 9.17) is 0 Å². The summed E-state index contributed by atoms with van der Waals surface area (Å²) >= 11 is 3.38. The summed E-state index contributed by atoms with van der Waals surface area (Å²) in [6, 6.07) is 6.10. The summed E-state index contributed by atoms with van der Waals surface area (Å²) in [5.41, 5.74) is 4.08. The third-order valence-electron chi connectivity index (χ3n) is 3.65. The van der Waals surface area contributed by atoms with Crippen molar-refractivity contribution >= 4 is 15.9 Å². The van der Waals surface area contributed by atoms with Crippen LogP contribution in [0, 0.1) is 5.82 Å². The lowest BCUT2D eigenvalue weighted by Crippen LogP contribution is -2.51. The van der Waals surface area contributed by atoms with E-state index in [2.05, 4.69) is 40.2 Å². The van der Waals surface area contributed by atoms with E-state index in [-0.39, 0.29) is 5.82 Å². The molecule has 0 amide bonds. The molecule has 0 bridgehead atoms. The Hall–Kier alpha value is -0.450. The van der Waals surface area contributed by atoms with Crippen LogP contribution < -0.4 is 5.43 Å². The molecule has 1 saturated heterocycles. The highest BCUT2D eigenvalue weighted by molar-refractivity contribution is 9.10. The smallest absolute Gasteiger partial charge is 0.127 e. The van der Waals surface area contributed by atoms with Gasteiger partial charge in [-0.1, -0.05) is 22.4 Å². The van der Waals surface area contributed by atoms with Gasteiger partial charge in [-0.05, 0) is 44.9 Å². The SMILES string of the molecule is CC1CCCC(C)N1NCc1cc(Br)ccc1F. The summed E-state index contributed by atoms with van der Waals surface area (Å²) in [6.45, 7) is 4.99. The minimum atomic E-state index is -0.150. The molecule has 2 nitrogen and oxygen atoms in total. The normalized spacial score (nSPS) is 25.3. The quantitative estimate of drug-likeness (QED) is 0.911. The van der Waals surface area contributed by atoms with Gasteiger partial charge in [-0.3, -0.25) is 5.43 Å². The molecule has 0 radical (unpaired) electrons. The maximum atomic E-state index is 13.6. The van der Waals surface area contributed by atoms with Gasteiger partial charge < -0.3 is 0 Å². The van der Waals surface area contributed by atoms with Crippen molar-refractivity contribution in [2.24, 2.45) is 0 Å². The van der Waals surface area contributed by atoms with Crippen molar-refractivity contribution in [3.63, 3.8) is 0 Å². The number of nitrogens with one attached hydrogen (secondary N) is 1. The minimum absolute atomic E-state index is 0.150. The molecule has 4 heteroatoms. The lowest BCUT2D eigenvalue weighted by Gasteiger charge is -2.39. The number of rotatable bonds is 3. The zero-order chi connectivity index (χ0) is 13.1. The van der Waals surface area contributed by atoms with E-state index >= 15 is 0 Å². The van der Waals surface area contributed by atoms with Crippen LogP contribution in [0.3, 0.4) is 0 Å². The maximum Gasteiger partial charge on any atom is 0.127 e. The predicted molar refractivity (Wildman–Crippen MR) is 75.6 cm³/mol. The fraction of sp³-hybridized carbons (Fsp3) is 0.571. The summed E-state index contributed by atoms with van der Waals surface area (Å²) in [4.78, 5) is 0. The van der Waals surface area contributed by atoms with Gasteiger partial charge in [0.2, 0.25) is 0 Å². The van der Waals surface area contributed by atoms with Gasteiger partial charge in [0.15, 0.2) is 0 Å². The monoisotopic (exact) mass is 314 g/mol. The minimum Gasteiger partial charge on any atom is -0.250 e. The molecule has 1 heterocycles. The second-order valence-electron chi connectivity index (χ2n) is 5.11. The molecule has 1 aromatic carbocycles.